The van der Waals surface area contributed by atoms with Crippen molar-refractivity contribution in [3.8, 4) is 0 Å². The van der Waals surface area contributed by atoms with Gasteiger partial charge in [-0.1, -0.05) is 34.6 Å². The largest absolute Gasteiger partial charge is 0.480 e. The Morgan fingerprint density at radius 3 is 1.89 bits per heavy atom. The normalized spacial score (nSPS) is 14.1. The molecule has 0 aromatic carbocycles. The number of carbonyl (C=O) groups is 2. The average molecular weight is 272 g/mol. The molecule has 0 rings (SSSR count). The molecule has 0 aliphatic heterocycles. The highest BCUT2D eigenvalue weighted by Crippen LogP contribution is 2.26. The standard InChI is InChI=1S/C14H28N2O3/c1-9(2)10(11(17)18)15-12(19)16-14(6,7)8-13(3,4)5/h9-10H,8H2,1-7H3,(H,17,18)(H2,15,16,19). The SMILES string of the molecule is CC(C)C(NC(=O)NC(C)(C)CC(C)(C)C)C(=O)O. The Labute approximate surface area is 116 Å². The number of rotatable bonds is 5. The third kappa shape index (κ3) is 7.70. The van der Waals surface area contributed by atoms with E-state index in [0.717, 1.165) is 6.42 Å². The van der Waals surface area contributed by atoms with Crippen molar-refractivity contribution < 1.29 is 14.7 Å². The molecule has 0 bridgehead atoms. The van der Waals surface area contributed by atoms with Gasteiger partial charge in [0.2, 0.25) is 0 Å². The third-order valence-electron chi connectivity index (χ3n) is 2.64. The Morgan fingerprint density at radius 1 is 1.11 bits per heavy atom. The van der Waals surface area contributed by atoms with Gasteiger partial charge in [-0.3, -0.25) is 0 Å². The number of amides is 2. The van der Waals surface area contributed by atoms with Crippen molar-refractivity contribution in [3.63, 3.8) is 0 Å². The number of urea groups is 1. The second-order valence-electron chi connectivity index (χ2n) is 7.28. The van der Waals surface area contributed by atoms with E-state index in [1.165, 1.54) is 0 Å². The van der Waals surface area contributed by atoms with E-state index >= 15 is 0 Å². The first-order valence-electron chi connectivity index (χ1n) is 6.65. The maximum absolute atomic E-state index is 11.9. The fraction of sp³-hybridized carbons (Fsp3) is 0.857. The lowest BCUT2D eigenvalue weighted by Crippen LogP contribution is -2.54. The highest BCUT2D eigenvalue weighted by molar-refractivity contribution is 5.83. The van der Waals surface area contributed by atoms with Gasteiger partial charge in [0.1, 0.15) is 6.04 Å². The highest BCUT2D eigenvalue weighted by Gasteiger charge is 2.29. The quantitative estimate of drug-likeness (QED) is 0.720. The van der Waals surface area contributed by atoms with Crippen molar-refractivity contribution in [1.29, 1.82) is 0 Å². The smallest absolute Gasteiger partial charge is 0.326 e. The van der Waals surface area contributed by atoms with Gasteiger partial charge in [-0.25, -0.2) is 9.59 Å². The van der Waals surface area contributed by atoms with Gasteiger partial charge in [-0.2, -0.15) is 0 Å². The first kappa shape index (κ1) is 17.7. The second kappa shape index (κ2) is 6.26. The molecule has 0 saturated heterocycles. The van der Waals surface area contributed by atoms with Crippen LogP contribution in [-0.2, 0) is 4.79 Å². The van der Waals surface area contributed by atoms with Crippen molar-refractivity contribution in [2.75, 3.05) is 0 Å². The molecule has 0 aliphatic rings. The van der Waals surface area contributed by atoms with Crippen LogP contribution in [0.2, 0.25) is 0 Å². The van der Waals surface area contributed by atoms with E-state index in [0.29, 0.717) is 0 Å². The Bertz CT molecular complexity index is 330. The lowest BCUT2D eigenvalue weighted by Gasteiger charge is -2.33. The Morgan fingerprint density at radius 2 is 1.58 bits per heavy atom. The summed E-state index contributed by atoms with van der Waals surface area (Å²) in [4.78, 5) is 22.9. The van der Waals surface area contributed by atoms with Gasteiger partial charge >= 0.3 is 12.0 Å². The molecule has 19 heavy (non-hydrogen) atoms. The third-order valence-corrected chi connectivity index (χ3v) is 2.64. The number of carbonyl (C=O) groups excluding carboxylic acids is 1. The molecule has 1 atom stereocenters. The Balaban J connectivity index is 4.57. The van der Waals surface area contributed by atoms with E-state index in [1.54, 1.807) is 13.8 Å². The predicted octanol–water partition coefficient (Wildman–Crippen LogP) is 2.61. The van der Waals surface area contributed by atoms with Gasteiger partial charge < -0.3 is 15.7 Å². The van der Waals surface area contributed by atoms with Crippen LogP contribution in [0.4, 0.5) is 4.79 Å². The van der Waals surface area contributed by atoms with Crippen LogP contribution >= 0.6 is 0 Å². The zero-order chi connectivity index (χ0) is 15.4. The number of aliphatic carboxylic acids is 1. The summed E-state index contributed by atoms with van der Waals surface area (Å²) in [6.45, 7) is 13.7. The topological polar surface area (TPSA) is 78.4 Å². The van der Waals surface area contributed by atoms with Crippen molar-refractivity contribution >= 4 is 12.0 Å². The molecule has 3 N–H and O–H groups in total. The molecular weight excluding hydrogens is 244 g/mol. The number of carboxylic acid groups (broad SMARTS) is 1. The molecule has 0 heterocycles. The van der Waals surface area contributed by atoms with Crippen LogP contribution in [0.3, 0.4) is 0 Å². The summed E-state index contributed by atoms with van der Waals surface area (Å²) in [5, 5.41) is 14.4. The monoisotopic (exact) mass is 272 g/mol. The van der Waals surface area contributed by atoms with Crippen LogP contribution in [-0.4, -0.2) is 28.7 Å². The zero-order valence-corrected chi connectivity index (χ0v) is 13.1. The summed E-state index contributed by atoms with van der Waals surface area (Å²) in [6.07, 6.45) is 0.798. The molecular formula is C14H28N2O3. The minimum Gasteiger partial charge on any atom is -0.480 e. The van der Waals surface area contributed by atoms with Crippen LogP contribution in [0.1, 0.15) is 54.9 Å². The molecule has 1 unspecified atom stereocenters. The average Bonchev–Trinajstić information content (AvgIpc) is 2.07. The minimum absolute atomic E-state index is 0.0844. The lowest BCUT2D eigenvalue weighted by atomic mass is 9.82. The van der Waals surface area contributed by atoms with Gasteiger partial charge in [-0.15, -0.1) is 0 Å². The number of carboxylic acids is 1. The van der Waals surface area contributed by atoms with E-state index in [4.69, 9.17) is 5.11 Å². The fourth-order valence-corrected chi connectivity index (χ4v) is 2.37. The molecule has 0 radical (unpaired) electrons. The van der Waals surface area contributed by atoms with Crippen molar-refractivity contribution in [2.45, 2.75) is 66.5 Å². The summed E-state index contributed by atoms with van der Waals surface area (Å²) >= 11 is 0. The summed E-state index contributed by atoms with van der Waals surface area (Å²) in [6, 6.07) is -1.30. The van der Waals surface area contributed by atoms with E-state index in [2.05, 4.69) is 31.4 Å². The molecule has 0 aliphatic carbocycles. The minimum atomic E-state index is -1.02. The van der Waals surface area contributed by atoms with E-state index in [9.17, 15) is 9.59 Å². The summed E-state index contributed by atoms with van der Waals surface area (Å²) < 4.78 is 0. The number of hydrogen-bond acceptors (Lipinski definition) is 2. The lowest BCUT2D eigenvalue weighted by molar-refractivity contribution is -0.140. The zero-order valence-electron chi connectivity index (χ0n) is 13.1. The molecule has 0 aromatic rings. The van der Waals surface area contributed by atoms with Gasteiger partial charge in [0, 0.05) is 5.54 Å². The first-order chi connectivity index (χ1) is 8.34. The molecule has 5 heteroatoms. The van der Waals surface area contributed by atoms with Gasteiger partial charge in [0.05, 0.1) is 0 Å². The number of hydrogen-bond donors (Lipinski definition) is 3. The van der Waals surface area contributed by atoms with Crippen molar-refractivity contribution in [3.05, 3.63) is 0 Å². The maximum Gasteiger partial charge on any atom is 0.326 e. The predicted molar refractivity (Wildman–Crippen MR) is 76.1 cm³/mol. The molecule has 112 valence electrons. The van der Waals surface area contributed by atoms with Crippen LogP contribution in [0, 0.1) is 11.3 Å². The van der Waals surface area contributed by atoms with E-state index in [-0.39, 0.29) is 16.9 Å². The second-order valence-corrected chi connectivity index (χ2v) is 7.28. The van der Waals surface area contributed by atoms with Gasteiger partial charge in [0.15, 0.2) is 0 Å². The molecule has 2 amide bonds. The molecule has 0 spiro atoms. The Kier molecular flexibility index (Phi) is 5.84. The van der Waals surface area contributed by atoms with Gasteiger partial charge in [0.25, 0.3) is 0 Å². The molecule has 0 saturated carbocycles. The first-order valence-corrected chi connectivity index (χ1v) is 6.65. The van der Waals surface area contributed by atoms with Crippen LogP contribution in [0.5, 0.6) is 0 Å². The fourth-order valence-electron chi connectivity index (χ4n) is 2.37. The van der Waals surface area contributed by atoms with E-state index in [1.807, 2.05) is 13.8 Å². The van der Waals surface area contributed by atoms with Crippen LogP contribution in [0.15, 0.2) is 0 Å². The van der Waals surface area contributed by atoms with Gasteiger partial charge in [-0.05, 0) is 31.6 Å². The Hall–Kier alpha value is -1.26. The molecule has 0 fully saturated rings. The van der Waals surface area contributed by atoms with Crippen molar-refractivity contribution in [2.24, 2.45) is 11.3 Å². The highest BCUT2D eigenvalue weighted by atomic mass is 16.4. The van der Waals surface area contributed by atoms with E-state index < -0.39 is 18.0 Å². The van der Waals surface area contributed by atoms with Crippen LogP contribution in [0.25, 0.3) is 0 Å². The summed E-state index contributed by atoms with van der Waals surface area (Å²) in [5.41, 5.74) is -0.302. The van der Waals surface area contributed by atoms with Crippen molar-refractivity contribution in [1.82, 2.24) is 10.6 Å². The molecule has 5 nitrogen and oxygen atoms in total. The maximum atomic E-state index is 11.9. The summed E-state index contributed by atoms with van der Waals surface area (Å²) in [5.74, 6) is -1.17. The summed E-state index contributed by atoms with van der Waals surface area (Å²) in [7, 11) is 0. The number of nitrogens with one attached hydrogen (secondary N) is 2. The molecule has 0 aromatic heterocycles. The van der Waals surface area contributed by atoms with Crippen LogP contribution < -0.4 is 10.6 Å².